The minimum Gasteiger partial charge on any atom is -0.494 e. The summed E-state index contributed by atoms with van der Waals surface area (Å²) in [4.78, 5) is 29.7. The molecule has 4 rings (SSSR count). The maximum atomic E-state index is 12.9. The highest BCUT2D eigenvalue weighted by Gasteiger charge is 2.25. The van der Waals surface area contributed by atoms with Crippen LogP contribution in [0.2, 0.25) is 5.02 Å². The fourth-order valence-corrected chi connectivity index (χ4v) is 4.31. The van der Waals surface area contributed by atoms with Crippen LogP contribution in [0.25, 0.3) is 0 Å². The zero-order valence-corrected chi connectivity index (χ0v) is 20.1. The van der Waals surface area contributed by atoms with Gasteiger partial charge in [0.05, 0.1) is 23.0 Å². The fraction of sp³-hybridized carbons (Fsp3) is 0.259. The molecule has 2 amide bonds. The molecular weight excluding hydrogens is 450 g/mol. The summed E-state index contributed by atoms with van der Waals surface area (Å²) in [6.45, 7) is 6.87. The lowest BCUT2D eigenvalue weighted by Crippen LogP contribution is -2.49. The van der Waals surface area contributed by atoms with Crippen LogP contribution in [0.15, 0.2) is 66.7 Å². The second-order valence-electron chi connectivity index (χ2n) is 8.19. The summed E-state index contributed by atoms with van der Waals surface area (Å²) < 4.78 is 5.45. The van der Waals surface area contributed by atoms with Crippen molar-refractivity contribution in [3.63, 3.8) is 0 Å². The second-order valence-corrected chi connectivity index (χ2v) is 8.60. The minimum atomic E-state index is -0.222. The van der Waals surface area contributed by atoms with Crippen LogP contribution in [0.4, 0.5) is 11.4 Å². The van der Waals surface area contributed by atoms with E-state index in [2.05, 4.69) is 10.2 Å². The molecule has 0 spiro atoms. The summed E-state index contributed by atoms with van der Waals surface area (Å²) in [5.41, 5.74) is 3.76. The number of carbonyl (C=O) groups is 2. The number of rotatable bonds is 6. The SMILES string of the molecule is CCOc1ccc(C(=O)Nc2cccc(Cl)c2N2CCN(C(=O)c3ccc(C)cc3)CC2)cc1. The van der Waals surface area contributed by atoms with E-state index in [9.17, 15) is 9.59 Å². The van der Waals surface area contributed by atoms with Gasteiger partial charge in [-0.25, -0.2) is 0 Å². The van der Waals surface area contributed by atoms with E-state index in [1.54, 1.807) is 24.3 Å². The van der Waals surface area contributed by atoms with Crippen LogP contribution in [0.3, 0.4) is 0 Å². The zero-order chi connectivity index (χ0) is 24.1. The first-order valence-electron chi connectivity index (χ1n) is 11.4. The van der Waals surface area contributed by atoms with Crippen molar-refractivity contribution in [2.75, 3.05) is 43.0 Å². The standard InChI is InChI=1S/C27H28ClN3O3/c1-3-34-22-13-11-20(12-14-22)26(32)29-24-6-4-5-23(28)25(24)30-15-17-31(18-16-30)27(33)21-9-7-19(2)8-10-21/h4-14H,3,15-18H2,1-2H3,(H,29,32). The molecule has 6 nitrogen and oxygen atoms in total. The molecule has 0 aromatic heterocycles. The Morgan fingerprint density at radius 3 is 2.21 bits per heavy atom. The Bertz CT molecular complexity index is 1150. The Morgan fingerprint density at radius 2 is 1.56 bits per heavy atom. The quantitative estimate of drug-likeness (QED) is 0.526. The lowest BCUT2D eigenvalue weighted by molar-refractivity contribution is 0.0746. The maximum absolute atomic E-state index is 12.9. The monoisotopic (exact) mass is 477 g/mol. The number of nitrogens with zero attached hydrogens (tertiary/aromatic N) is 2. The highest BCUT2D eigenvalue weighted by Crippen LogP contribution is 2.35. The van der Waals surface area contributed by atoms with Crippen LogP contribution >= 0.6 is 11.6 Å². The van der Waals surface area contributed by atoms with E-state index in [-0.39, 0.29) is 11.8 Å². The number of nitrogens with one attached hydrogen (secondary N) is 1. The molecular formula is C27H28ClN3O3. The molecule has 7 heteroatoms. The summed E-state index contributed by atoms with van der Waals surface area (Å²) >= 11 is 6.57. The van der Waals surface area contributed by atoms with Crippen molar-refractivity contribution in [1.82, 2.24) is 4.90 Å². The number of piperazine rings is 1. The Labute approximate surface area is 205 Å². The molecule has 3 aromatic rings. The molecule has 0 aliphatic carbocycles. The molecule has 1 N–H and O–H groups in total. The average molecular weight is 478 g/mol. The van der Waals surface area contributed by atoms with E-state index in [1.165, 1.54) is 0 Å². The summed E-state index contributed by atoms with van der Waals surface area (Å²) in [5.74, 6) is 0.531. The van der Waals surface area contributed by atoms with Crippen LogP contribution in [0.1, 0.15) is 33.2 Å². The third-order valence-electron chi connectivity index (χ3n) is 5.84. The zero-order valence-electron chi connectivity index (χ0n) is 19.4. The van der Waals surface area contributed by atoms with E-state index in [1.807, 2.05) is 61.2 Å². The van der Waals surface area contributed by atoms with Gasteiger partial charge in [0.1, 0.15) is 5.75 Å². The van der Waals surface area contributed by atoms with Crippen molar-refractivity contribution in [3.8, 4) is 5.75 Å². The Morgan fingerprint density at radius 1 is 0.912 bits per heavy atom. The Balaban J connectivity index is 1.45. The Hall–Kier alpha value is -3.51. The van der Waals surface area contributed by atoms with Gasteiger partial charge in [0.25, 0.3) is 11.8 Å². The van der Waals surface area contributed by atoms with E-state index in [0.29, 0.717) is 54.6 Å². The van der Waals surface area contributed by atoms with E-state index in [0.717, 1.165) is 17.0 Å². The minimum absolute atomic E-state index is 0.0304. The number of hydrogen-bond donors (Lipinski definition) is 1. The number of hydrogen-bond acceptors (Lipinski definition) is 4. The van der Waals surface area contributed by atoms with Crippen molar-refractivity contribution in [2.45, 2.75) is 13.8 Å². The van der Waals surface area contributed by atoms with Gasteiger partial charge in [0.2, 0.25) is 0 Å². The highest BCUT2D eigenvalue weighted by atomic mass is 35.5. The van der Waals surface area contributed by atoms with Gasteiger partial charge < -0.3 is 19.9 Å². The topological polar surface area (TPSA) is 61.9 Å². The molecule has 1 aliphatic rings. The van der Waals surface area contributed by atoms with Crippen LogP contribution < -0.4 is 15.0 Å². The Kier molecular flexibility index (Phi) is 7.38. The second kappa shape index (κ2) is 10.6. The molecule has 3 aromatic carbocycles. The summed E-state index contributed by atoms with van der Waals surface area (Å²) in [7, 11) is 0. The van der Waals surface area contributed by atoms with Crippen molar-refractivity contribution < 1.29 is 14.3 Å². The molecule has 1 aliphatic heterocycles. The highest BCUT2D eigenvalue weighted by molar-refractivity contribution is 6.34. The molecule has 0 radical (unpaired) electrons. The van der Waals surface area contributed by atoms with E-state index in [4.69, 9.17) is 16.3 Å². The molecule has 0 bridgehead atoms. The summed E-state index contributed by atoms with van der Waals surface area (Å²) in [6.07, 6.45) is 0. The lowest BCUT2D eigenvalue weighted by Gasteiger charge is -2.37. The van der Waals surface area contributed by atoms with Gasteiger partial charge in [-0.3, -0.25) is 9.59 Å². The fourth-order valence-electron chi connectivity index (χ4n) is 4.01. The van der Waals surface area contributed by atoms with Crippen molar-refractivity contribution in [2.24, 2.45) is 0 Å². The molecule has 0 saturated carbocycles. The first kappa shape index (κ1) is 23.6. The number of carbonyl (C=O) groups excluding carboxylic acids is 2. The molecule has 0 unspecified atom stereocenters. The summed E-state index contributed by atoms with van der Waals surface area (Å²) in [5, 5.41) is 3.55. The number of amides is 2. The predicted octanol–water partition coefficient (Wildman–Crippen LogP) is 5.26. The molecule has 34 heavy (non-hydrogen) atoms. The first-order valence-corrected chi connectivity index (χ1v) is 11.8. The smallest absolute Gasteiger partial charge is 0.255 e. The van der Waals surface area contributed by atoms with Gasteiger partial charge in [0, 0.05) is 37.3 Å². The van der Waals surface area contributed by atoms with Crippen LogP contribution in [-0.2, 0) is 0 Å². The van der Waals surface area contributed by atoms with Gasteiger partial charge >= 0.3 is 0 Å². The molecule has 1 fully saturated rings. The van der Waals surface area contributed by atoms with Crippen LogP contribution in [0, 0.1) is 6.92 Å². The number of benzene rings is 3. The van der Waals surface area contributed by atoms with Crippen LogP contribution in [-0.4, -0.2) is 49.5 Å². The first-order chi connectivity index (χ1) is 16.5. The number of ether oxygens (including phenoxy) is 1. The number of para-hydroxylation sites is 1. The van der Waals surface area contributed by atoms with Crippen LogP contribution in [0.5, 0.6) is 5.75 Å². The van der Waals surface area contributed by atoms with Crippen molar-refractivity contribution >= 4 is 34.8 Å². The van der Waals surface area contributed by atoms with Crippen molar-refractivity contribution in [3.05, 3.63) is 88.4 Å². The van der Waals surface area contributed by atoms with Gasteiger partial charge in [-0.15, -0.1) is 0 Å². The molecule has 0 atom stereocenters. The number of aryl methyl sites for hydroxylation is 1. The normalized spacial score (nSPS) is 13.5. The van der Waals surface area contributed by atoms with Gasteiger partial charge in [-0.05, 0) is 62.4 Å². The largest absolute Gasteiger partial charge is 0.494 e. The molecule has 1 saturated heterocycles. The summed E-state index contributed by atoms with van der Waals surface area (Å²) in [6, 6.07) is 20.1. The van der Waals surface area contributed by atoms with Crippen molar-refractivity contribution in [1.29, 1.82) is 0 Å². The third-order valence-corrected chi connectivity index (χ3v) is 6.15. The third kappa shape index (κ3) is 5.34. The predicted molar refractivity (Wildman–Crippen MR) is 136 cm³/mol. The van der Waals surface area contributed by atoms with Gasteiger partial charge in [-0.2, -0.15) is 0 Å². The molecule has 1 heterocycles. The lowest BCUT2D eigenvalue weighted by atomic mass is 10.1. The molecule has 176 valence electrons. The van der Waals surface area contributed by atoms with Gasteiger partial charge in [0.15, 0.2) is 0 Å². The van der Waals surface area contributed by atoms with E-state index < -0.39 is 0 Å². The van der Waals surface area contributed by atoms with Gasteiger partial charge in [-0.1, -0.05) is 35.4 Å². The average Bonchev–Trinajstić information content (AvgIpc) is 2.85. The number of halogens is 1. The van der Waals surface area contributed by atoms with E-state index >= 15 is 0 Å². The number of anilines is 2. The maximum Gasteiger partial charge on any atom is 0.255 e.